The molecule has 26 heavy (non-hydrogen) atoms. The summed E-state index contributed by atoms with van der Waals surface area (Å²) >= 11 is 5.61. The smallest absolute Gasteiger partial charge is 0.170 e. The van der Waals surface area contributed by atoms with Crippen molar-refractivity contribution in [3.63, 3.8) is 0 Å². The maximum atomic E-state index is 5.61. The van der Waals surface area contributed by atoms with Crippen LogP contribution in [0.1, 0.15) is 41.7 Å². The van der Waals surface area contributed by atoms with E-state index in [0.29, 0.717) is 0 Å². The van der Waals surface area contributed by atoms with Crippen molar-refractivity contribution in [3.05, 3.63) is 65.8 Å². The third kappa shape index (κ3) is 2.57. The van der Waals surface area contributed by atoms with Gasteiger partial charge in [-0.3, -0.25) is 9.66 Å². The van der Waals surface area contributed by atoms with E-state index in [9.17, 15) is 0 Å². The summed E-state index contributed by atoms with van der Waals surface area (Å²) in [4.78, 5) is 6.80. The van der Waals surface area contributed by atoms with Gasteiger partial charge in [0.05, 0.1) is 17.8 Å². The minimum atomic E-state index is 0.0125. The number of aryl methyl sites for hydroxylation is 1. The first-order valence-electron chi connectivity index (χ1n) is 8.64. The van der Waals surface area contributed by atoms with Crippen molar-refractivity contribution in [1.29, 1.82) is 0 Å². The fourth-order valence-corrected chi connectivity index (χ4v) is 4.18. The second-order valence-electron chi connectivity index (χ2n) is 6.39. The van der Waals surface area contributed by atoms with Crippen molar-refractivity contribution in [3.8, 4) is 0 Å². The lowest BCUT2D eigenvalue weighted by Gasteiger charge is -2.27. The van der Waals surface area contributed by atoms with Crippen LogP contribution >= 0.6 is 12.2 Å². The van der Waals surface area contributed by atoms with Gasteiger partial charge in [-0.25, -0.2) is 4.68 Å². The molecule has 4 rings (SSSR count). The Balaban J connectivity index is 1.83. The lowest BCUT2D eigenvalue weighted by molar-refractivity contribution is 0.329. The van der Waals surface area contributed by atoms with E-state index >= 15 is 0 Å². The molecule has 7 nitrogen and oxygen atoms in total. The molecule has 0 spiro atoms. The van der Waals surface area contributed by atoms with Crippen LogP contribution in [0.5, 0.6) is 0 Å². The zero-order valence-electron chi connectivity index (χ0n) is 15.0. The molecule has 0 saturated carbocycles. The van der Waals surface area contributed by atoms with Gasteiger partial charge >= 0.3 is 0 Å². The predicted octanol–water partition coefficient (Wildman–Crippen LogP) is 2.40. The van der Waals surface area contributed by atoms with Crippen molar-refractivity contribution < 1.29 is 0 Å². The van der Waals surface area contributed by atoms with Crippen molar-refractivity contribution in [2.24, 2.45) is 0 Å². The summed E-state index contributed by atoms with van der Waals surface area (Å²) in [6.45, 7) is 7.16. The van der Waals surface area contributed by atoms with E-state index in [1.807, 2.05) is 29.1 Å². The van der Waals surface area contributed by atoms with Crippen LogP contribution in [0.2, 0.25) is 0 Å². The number of rotatable bonds is 4. The normalized spacial score (nSPS) is 19.8. The molecule has 0 bridgehead atoms. The number of nitrogens with zero attached hydrogens (tertiary/aromatic N) is 6. The molecule has 1 aliphatic rings. The van der Waals surface area contributed by atoms with Gasteiger partial charge in [0, 0.05) is 29.7 Å². The predicted molar refractivity (Wildman–Crippen MR) is 103 cm³/mol. The first-order chi connectivity index (χ1) is 12.6. The van der Waals surface area contributed by atoms with Gasteiger partial charge in [0.2, 0.25) is 0 Å². The summed E-state index contributed by atoms with van der Waals surface area (Å²) < 4.78 is 4.00. The fourth-order valence-electron chi connectivity index (χ4n) is 3.82. The number of likely N-dealkylation sites (N-methyl/N-ethyl adjacent to an activating group) is 1. The maximum absolute atomic E-state index is 5.61. The minimum absolute atomic E-state index is 0.0125. The highest BCUT2D eigenvalue weighted by molar-refractivity contribution is 7.80. The van der Waals surface area contributed by atoms with Gasteiger partial charge in [-0.2, -0.15) is 0 Å². The molecule has 134 valence electrons. The van der Waals surface area contributed by atoms with E-state index in [2.05, 4.69) is 56.9 Å². The monoisotopic (exact) mass is 367 g/mol. The SMILES string of the molecule is CCN1C(=S)N[C@@H](c2ccccn2)[C@H]1c1cc(C)n(-n2cnnc2)c1C. The maximum Gasteiger partial charge on any atom is 0.170 e. The highest BCUT2D eigenvalue weighted by Crippen LogP contribution is 2.40. The Kier molecular flexibility index (Phi) is 4.20. The van der Waals surface area contributed by atoms with Gasteiger partial charge in [-0.15, -0.1) is 10.2 Å². The number of hydrogen-bond donors (Lipinski definition) is 1. The zero-order valence-corrected chi connectivity index (χ0v) is 15.8. The molecule has 1 fully saturated rings. The topological polar surface area (TPSA) is 63.8 Å². The molecule has 0 aliphatic carbocycles. The van der Waals surface area contributed by atoms with E-state index in [4.69, 9.17) is 12.2 Å². The molecule has 8 heteroatoms. The van der Waals surface area contributed by atoms with E-state index < -0.39 is 0 Å². The number of hydrogen-bond acceptors (Lipinski definition) is 4. The van der Waals surface area contributed by atoms with Crippen LogP contribution in [-0.4, -0.2) is 41.1 Å². The Morgan fingerprint density at radius 1 is 1.19 bits per heavy atom. The molecular weight excluding hydrogens is 346 g/mol. The molecule has 0 radical (unpaired) electrons. The van der Waals surface area contributed by atoms with Crippen LogP contribution in [0, 0.1) is 13.8 Å². The van der Waals surface area contributed by atoms with E-state index in [1.54, 1.807) is 12.7 Å². The van der Waals surface area contributed by atoms with Gasteiger partial charge in [-0.1, -0.05) is 6.07 Å². The summed E-state index contributed by atoms with van der Waals surface area (Å²) in [6, 6.07) is 8.30. The molecule has 0 aromatic carbocycles. The molecular formula is C18H21N7S. The number of pyridine rings is 1. The van der Waals surface area contributed by atoms with Crippen molar-refractivity contribution in [1.82, 2.24) is 34.8 Å². The summed E-state index contributed by atoms with van der Waals surface area (Å²) in [5, 5.41) is 12.1. The third-order valence-electron chi connectivity index (χ3n) is 4.93. The van der Waals surface area contributed by atoms with Crippen LogP contribution in [0.15, 0.2) is 43.1 Å². The average molecular weight is 367 g/mol. The highest BCUT2D eigenvalue weighted by atomic mass is 32.1. The van der Waals surface area contributed by atoms with Gasteiger partial charge < -0.3 is 10.2 Å². The Hall–Kier alpha value is -2.74. The van der Waals surface area contributed by atoms with E-state index in [1.165, 1.54) is 5.56 Å². The number of nitrogens with one attached hydrogen (secondary N) is 1. The Morgan fingerprint density at radius 3 is 2.62 bits per heavy atom. The van der Waals surface area contributed by atoms with Crippen LogP contribution in [0.3, 0.4) is 0 Å². The zero-order chi connectivity index (χ0) is 18.3. The van der Waals surface area contributed by atoms with Crippen LogP contribution in [-0.2, 0) is 0 Å². The summed E-state index contributed by atoms with van der Waals surface area (Å²) in [5.74, 6) is 0. The first-order valence-corrected chi connectivity index (χ1v) is 9.04. The minimum Gasteiger partial charge on any atom is -0.352 e. The van der Waals surface area contributed by atoms with Crippen LogP contribution in [0.4, 0.5) is 0 Å². The summed E-state index contributed by atoms with van der Waals surface area (Å²) in [7, 11) is 0. The molecule has 1 saturated heterocycles. The van der Waals surface area contributed by atoms with E-state index in [0.717, 1.165) is 28.7 Å². The molecule has 2 atom stereocenters. The van der Waals surface area contributed by atoms with E-state index in [-0.39, 0.29) is 12.1 Å². The van der Waals surface area contributed by atoms with Crippen molar-refractivity contribution in [2.45, 2.75) is 32.9 Å². The Bertz CT molecular complexity index is 917. The molecule has 1 aliphatic heterocycles. The lowest BCUT2D eigenvalue weighted by Crippen LogP contribution is -2.29. The highest BCUT2D eigenvalue weighted by Gasteiger charge is 2.40. The molecule has 3 aromatic heterocycles. The largest absolute Gasteiger partial charge is 0.352 e. The second-order valence-corrected chi connectivity index (χ2v) is 6.78. The lowest BCUT2D eigenvalue weighted by atomic mass is 9.97. The molecule has 3 aromatic rings. The van der Waals surface area contributed by atoms with Crippen molar-refractivity contribution >= 4 is 17.3 Å². The summed E-state index contributed by atoms with van der Waals surface area (Å²) in [6.07, 6.45) is 5.23. The standard InChI is InChI=1S/C18H21N7S/c1-4-24-17(16(22-18(24)26)15-7-5-6-8-19-15)14-9-12(2)25(13(14)3)23-10-20-21-11-23/h5-11,16-17H,4H2,1-3H3,(H,22,26)/t16-,17+/m0/s1. The first kappa shape index (κ1) is 16.7. The number of aromatic nitrogens is 5. The molecule has 0 amide bonds. The van der Waals surface area contributed by atoms with Gasteiger partial charge in [0.25, 0.3) is 0 Å². The third-order valence-corrected chi connectivity index (χ3v) is 5.28. The Morgan fingerprint density at radius 2 is 1.96 bits per heavy atom. The Labute approximate surface area is 157 Å². The van der Waals surface area contributed by atoms with Crippen molar-refractivity contribution in [2.75, 3.05) is 6.54 Å². The number of thiocarbonyl (C=S) groups is 1. The summed E-state index contributed by atoms with van der Waals surface area (Å²) in [5.41, 5.74) is 4.47. The molecule has 4 heterocycles. The fraction of sp³-hybridized carbons (Fsp3) is 0.333. The van der Waals surface area contributed by atoms with Gasteiger partial charge in [-0.05, 0) is 51.2 Å². The second kappa shape index (κ2) is 6.53. The van der Waals surface area contributed by atoms with Crippen LogP contribution in [0.25, 0.3) is 0 Å². The van der Waals surface area contributed by atoms with Crippen LogP contribution < -0.4 is 5.32 Å². The molecule has 0 unspecified atom stereocenters. The average Bonchev–Trinajstić information content (AvgIpc) is 3.34. The quantitative estimate of drug-likeness (QED) is 0.715. The molecule has 1 N–H and O–H groups in total. The van der Waals surface area contributed by atoms with Gasteiger partial charge in [0.15, 0.2) is 5.11 Å². The van der Waals surface area contributed by atoms with Gasteiger partial charge in [0.1, 0.15) is 12.7 Å².